The molecule has 0 bridgehead atoms. The molecular formula is C38H46N10O3S2. The Bertz CT molecular complexity index is 2250. The highest BCUT2D eigenvalue weighted by molar-refractivity contribution is 8.22. The van der Waals surface area contributed by atoms with Crippen molar-refractivity contribution in [3.8, 4) is 0 Å². The zero-order valence-corrected chi connectivity index (χ0v) is 32.5. The molecule has 6 aromatic rings. The van der Waals surface area contributed by atoms with Crippen molar-refractivity contribution in [3.63, 3.8) is 0 Å². The second-order valence-electron chi connectivity index (χ2n) is 14.4. The van der Waals surface area contributed by atoms with E-state index in [4.69, 9.17) is 0 Å². The predicted molar refractivity (Wildman–Crippen MR) is 208 cm³/mol. The molecule has 13 nitrogen and oxygen atoms in total. The van der Waals surface area contributed by atoms with E-state index in [1.54, 1.807) is 6.20 Å². The first kappa shape index (κ1) is 36.8. The maximum atomic E-state index is 14.5. The van der Waals surface area contributed by atoms with Crippen molar-refractivity contribution < 1.29 is 13.9 Å². The lowest BCUT2D eigenvalue weighted by atomic mass is 9.69. The molecule has 278 valence electrons. The van der Waals surface area contributed by atoms with Gasteiger partial charge in [0.15, 0.2) is 0 Å². The Morgan fingerprint density at radius 2 is 1.85 bits per heavy atom. The number of amides is 1. The molecule has 53 heavy (non-hydrogen) atoms. The summed E-state index contributed by atoms with van der Waals surface area (Å²) < 4.78 is 29.0. The van der Waals surface area contributed by atoms with Crippen molar-refractivity contribution in [2.75, 3.05) is 11.9 Å². The Morgan fingerprint density at radius 1 is 1.04 bits per heavy atom. The van der Waals surface area contributed by atoms with E-state index >= 15 is 0 Å². The number of fused-ring (bicyclic) bond motifs is 2. The lowest BCUT2D eigenvalue weighted by molar-refractivity contribution is -0.124. The summed E-state index contributed by atoms with van der Waals surface area (Å²) in [7, 11) is -3.26. The van der Waals surface area contributed by atoms with Crippen LogP contribution in [-0.2, 0) is 30.8 Å². The van der Waals surface area contributed by atoms with Gasteiger partial charge in [-0.05, 0) is 89.1 Å². The third-order valence-corrected chi connectivity index (χ3v) is 13.4. The molecule has 0 aliphatic carbocycles. The molecule has 3 aromatic carbocycles. The number of carbonyl (C=O) groups excluding carboxylic acids is 1. The number of anilines is 1. The monoisotopic (exact) mass is 754 g/mol. The second-order valence-corrected chi connectivity index (χ2v) is 17.3. The standard InChI is InChI=1S/C38H46N10O3S2/c1-7-26-19-27-11-9-10-12-32(27)53(50,51)46(21-26)22-29-20-28(14-13-24(29)3)34(30-15-16-31-35(25(30)4)41-44-47(31)8-2)38(5,6)36(49)40-37-42-43-45-48(37)23-33-39-17-18-52-33/h9-18,20,26,34,50-51H,7-8,19,21-23H2,1-6H3,(H,40,42,45,49). The maximum Gasteiger partial charge on any atom is 0.249 e. The van der Waals surface area contributed by atoms with Crippen molar-refractivity contribution in [2.24, 2.45) is 11.3 Å². The molecule has 15 heteroatoms. The van der Waals surface area contributed by atoms with Gasteiger partial charge in [0, 0.05) is 37.1 Å². The number of thiazole rings is 1. The summed E-state index contributed by atoms with van der Waals surface area (Å²) in [6, 6.07) is 18.1. The zero-order valence-electron chi connectivity index (χ0n) is 30.9. The SMILES string of the molecule is CCC1Cc2ccccc2S(O)(O)N(Cc2cc(C(c3ccc4c(nnn4CC)c3C)C(C)(C)C(=O)Nc3nnnn3Cc3nccs3)ccc2C)C1. The van der Waals surface area contributed by atoms with Gasteiger partial charge in [0.1, 0.15) is 10.5 Å². The minimum atomic E-state index is -3.26. The molecular weight excluding hydrogens is 709 g/mol. The van der Waals surface area contributed by atoms with Crippen molar-refractivity contribution in [2.45, 2.75) is 84.8 Å². The lowest BCUT2D eigenvalue weighted by Crippen LogP contribution is -2.38. The van der Waals surface area contributed by atoms with E-state index < -0.39 is 22.1 Å². The number of hydrogen-bond donors (Lipinski definition) is 3. The molecule has 4 heterocycles. The van der Waals surface area contributed by atoms with Crippen molar-refractivity contribution in [1.29, 1.82) is 0 Å². The fourth-order valence-corrected chi connectivity index (χ4v) is 9.85. The summed E-state index contributed by atoms with van der Waals surface area (Å²) in [4.78, 5) is 19.5. The van der Waals surface area contributed by atoms with Crippen LogP contribution in [0.5, 0.6) is 0 Å². The number of aromatic nitrogens is 8. The van der Waals surface area contributed by atoms with Gasteiger partial charge in [0.25, 0.3) is 0 Å². The van der Waals surface area contributed by atoms with Crippen LogP contribution < -0.4 is 5.32 Å². The Balaban J connectivity index is 1.30. The van der Waals surface area contributed by atoms with Gasteiger partial charge in [-0.1, -0.05) is 80.0 Å². The summed E-state index contributed by atoms with van der Waals surface area (Å²) in [6.07, 6.45) is 3.43. The molecule has 0 saturated carbocycles. The largest absolute Gasteiger partial charge is 0.293 e. The maximum absolute atomic E-state index is 14.5. The second kappa shape index (κ2) is 14.7. The van der Waals surface area contributed by atoms with Gasteiger partial charge < -0.3 is 0 Å². The summed E-state index contributed by atoms with van der Waals surface area (Å²) in [5, 5.41) is 26.8. The van der Waals surface area contributed by atoms with Crippen LogP contribution in [-0.4, -0.2) is 66.0 Å². The number of nitrogens with one attached hydrogen (secondary N) is 1. The minimum absolute atomic E-state index is 0.233. The summed E-state index contributed by atoms with van der Waals surface area (Å²) in [6.45, 7) is 14.0. The highest BCUT2D eigenvalue weighted by Crippen LogP contribution is 2.56. The number of aryl methyl sites for hydroxylation is 3. The zero-order chi connectivity index (χ0) is 37.5. The number of rotatable bonds is 11. The molecule has 3 aromatic heterocycles. The Hall–Kier alpha value is -4.54. The molecule has 1 aliphatic heterocycles. The molecule has 1 amide bonds. The summed E-state index contributed by atoms with van der Waals surface area (Å²) in [5.74, 6) is -0.214. The molecule has 1 aliphatic rings. The average Bonchev–Trinajstić information content (AvgIpc) is 3.91. The van der Waals surface area contributed by atoms with Crippen LogP contribution in [0.4, 0.5) is 5.95 Å². The quantitative estimate of drug-likeness (QED) is 0.121. The van der Waals surface area contributed by atoms with Gasteiger partial charge in [0.2, 0.25) is 11.9 Å². The van der Waals surface area contributed by atoms with Gasteiger partial charge >= 0.3 is 0 Å². The highest BCUT2D eigenvalue weighted by atomic mass is 32.3. The van der Waals surface area contributed by atoms with E-state index in [-0.39, 0.29) is 17.8 Å². The van der Waals surface area contributed by atoms with Crippen LogP contribution in [0.25, 0.3) is 11.0 Å². The average molecular weight is 755 g/mol. The van der Waals surface area contributed by atoms with Crippen molar-refractivity contribution in [1.82, 2.24) is 44.5 Å². The van der Waals surface area contributed by atoms with Crippen LogP contribution >= 0.6 is 22.1 Å². The summed E-state index contributed by atoms with van der Waals surface area (Å²) >= 11 is 1.49. The van der Waals surface area contributed by atoms with E-state index in [0.717, 1.165) is 62.3 Å². The normalized spacial score (nSPS) is 17.3. The molecule has 2 atom stereocenters. The first-order valence-electron chi connectivity index (χ1n) is 17.9. The van der Waals surface area contributed by atoms with Gasteiger partial charge in [-0.2, -0.15) is 4.31 Å². The molecule has 0 spiro atoms. The Kier molecular flexibility index (Phi) is 10.2. The number of nitrogens with zero attached hydrogens (tertiary/aromatic N) is 9. The van der Waals surface area contributed by atoms with Gasteiger partial charge in [-0.15, -0.1) is 27.2 Å². The first-order chi connectivity index (χ1) is 25.4. The van der Waals surface area contributed by atoms with Crippen LogP contribution in [0.15, 0.2) is 71.1 Å². The predicted octanol–water partition coefficient (Wildman–Crippen LogP) is 7.47. The molecule has 7 rings (SSSR count). The Morgan fingerprint density at radius 3 is 2.60 bits per heavy atom. The number of tetrazole rings is 1. The molecule has 0 radical (unpaired) electrons. The van der Waals surface area contributed by atoms with Crippen molar-refractivity contribution in [3.05, 3.63) is 105 Å². The fourth-order valence-electron chi connectivity index (χ4n) is 7.47. The smallest absolute Gasteiger partial charge is 0.249 e. The van der Waals surface area contributed by atoms with Crippen LogP contribution in [0, 0.1) is 25.2 Å². The van der Waals surface area contributed by atoms with Crippen LogP contribution in [0.3, 0.4) is 0 Å². The molecule has 2 unspecified atom stereocenters. The highest BCUT2D eigenvalue weighted by Gasteiger charge is 2.41. The van der Waals surface area contributed by atoms with E-state index in [1.807, 2.05) is 79.3 Å². The first-order valence-corrected chi connectivity index (χ1v) is 20.3. The van der Waals surface area contributed by atoms with E-state index in [1.165, 1.54) is 16.0 Å². The lowest BCUT2D eigenvalue weighted by Gasteiger charge is -2.43. The van der Waals surface area contributed by atoms with E-state index in [0.29, 0.717) is 31.1 Å². The fraction of sp³-hybridized carbons (Fsp3) is 0.395. The number of hydrogen-bond acceptors (Lipinski definition) is 11. The summed E-state index contributed by atoms with van der Waals surface area (Å²) in [5.41, 5.74) is 6.44. The molecule has 0 fully saturated rings. The molecule has 3 N–H and O–H groups in total. The van der Waals surface area contributed by atoms with Gasteiger partial charge in [-0.25, -0.2) is 14.3 Å². The van der Waals surface area contributed by atoms with Gasteiger partial charge in [-0.3, -0.25) is 19.2 Å². The Labute approximate surface area is 314 Å². The van der Waals surface area contributed by atoms with Crippen LogP contribution in [0.2, 0.25) is 0 Å². The number of benzene rings is 3. The minimum Gasteiger partial charge on any atom is -0.293 e. The van der Waals surface area contributed by atoms with Gasteiger partial charge in [0.05, 0.1) is 22.4 Å². The third kappa shape index (κ3) is 6.99. The third-order valence-electron chi connectivity index (χ3n) is 10.7. The van der Waals surface area contributed by atoms with Crippen LogP contribution in [0.1, 0.15) is 78.4 Å². The number of carbonyl (C=O) groups is 1. The van der Waals surface area contributed by atoms with Crippen molar-refractivity contribution >= 4 is 45.0 Å². The molecule has 0 saturated heterocycles. The van der Waals surface area contributed by atoms with E-state index in [2.05, 4.69) is 67.3 Å². The topological polar surface area (TPSA) is 160 Å². The van der Waals surface area contributed by atoms with E-state index in [9.17, 15) is 13.9 Å².